The van der Waals surface area contributed by atoms with Crippen LogP contribution in [0.25, 0.3) is 5.65 Å². The number of hydrogen-bond acceptors (Lipinski definition) is 12. The maximum atomic E-state index is 14.3. The molecule has 1 unspecified atom stereocenters. The third-order valence-corrected chi connectivity index (χ3v) is 15.6. The van der Waals surface area contributed by atoms with Crippen LogP contribution in [0.4, 0.5) is 26.0 Å². The van der Waals surface area contributed by atoms with Crippen LogP contribution in [0.5, 0.6) is 0 Å². The fourth-order valence-electron chi connectivity index (χ4n) is 12.1. The summed E-state index contributed by atoms with van der Waals surface area (Å²) in [4.78, 5) is 75.2. The number of imide groups is 2. The van der Waals surface area contributed by atoms with E-state index in [2.05, 4.69) is 43.0 Å². The average molecular weight is 894 g/mol. The lowest BCUT2D eigenvalue weighted by Crippen LogP contribution is -2.54. The number of fused-ring (bicyclic) bond motifs is 4. The van der Waals surface area contributed by atoms with Crippen molar-refractivity contribution in [2.24, 2.45) is 11.3 Å². The largest absolute Gasteiger partial charge is 0.382 e. The maximum absolute atomic E-state index is 14.3. The smallest absolute Gasteiger partial charge is 0.284 e. The summed E-state index contributed by atoms with van der Waals surface area (Å²) in [5.74, 6) is -1.38. The maximum Gasteiger partial charge on any atom is 0.284 e. The minimum atomic E-state index is -2.86. The standard InChI is InChI=1S/C46H53F2N11O6/c1-55(27-11-14-46(15-12-27)18-26(19-46)50-33-4-2-3-31-38(33)45(64)59(44(31)63)35-9-10-37(60)53-43(35)62)21-25-5-7-28(8-6-25)58-23-34(39(54-58)40(47)48)51-42(61)32-20-49-57-16-13-36(52-41(32)57)56-22-30-17-29(56)24-65-30/h2-4,13,16,20,23,25-30,35,40,50H,5-12,14-15,17-19,21-22,24H2,1H3,(H,51,61)(H,53,60,62)/t25?,26?,27?,28?,29-,30-,35?,46?/m1/s1. The number of nitrogens with one attached hydrogen (secondary N) is 3. The van der Waals surface area contributed by atoms with E-state index in [4.69, 9.17) is 9.72 Å². The van der Waals surface area contributed by atoms with Crippen LogP contribution in [-0.2, 0) is 14.3 Å². The molecule has 3 aliphatic carbocycles. The van der Waals surface area contributed by atoms with Gasteiger partial charge in [0.05, 0.1) is 47.8 Å². The molecule has 7 heterocycles. The van der Waals surface area contributed by atoms with Crippen LogP contribution >= 0.6 is 0 Å². The number of alkyl halides is 2. The van der Waals surface area contributed by atoms with E-state index in [1.165, 1.54) is 10.7 Å². The Hall–Kier alpha value is -5.82. The number of carbonyl (C=O) groups is 5. The van der Waals surface area contributed by atoms with Crippen molar-refractivity contribution in [3.05, 3.63) is 65.2 Å². The molecule has 4 aromatic rings. The Bertz CT molecular complexity index is 2570. The second-order valence-electron chi connectivity index (χ2n) is 19.5. The quantitative estimate of drug-likeness (QED) is 0.164. The molecular formula is C46H53F2N11O6. The first-order valence-electron chi connectivity index (χ1n) is 23.1. The molecule has 6 fully saturated rings. The van der Waals surface area contributed by atoms with Gasteiger partial charge in [-0.15, -0.1) is 0 Å². The summed E-state index contributed by atoms with van der Waals surface area (Å²) in [7, 11) is 2.22. The van der Waals surface area contributed by atoms with E-state index in [0.29, 0.717) is 35.5 Å². The van der Waals surface area contributed by atoms with E-state index in [-0.39, 0.29) is 59.3 Å². The molecule has 17 nitrogen and oxygen atoms in total. The van der Waals surface area contributed by atoms with Gasteiger partial charge in [-0.05, 0) is 114 Å². The van der Waals surface area contributed by atoms with E-state index in [1.807, 2.05) is 12.1 Å². The number of halogens is 2. The second kappa shape index (κ2) is 16.3. The zero-order valence-electron chi connectivity index (χ0n) is 36.3. The Morgan fingerprint density at radius 1 is 1.00 bits per heavy atom. The summed E-state index contributed by atoms with van der Waals surface area (Å²) >= 11 is 0. The van der Waals surface area contributed by atoms with Crippen LogP contribution in [0.1, 0.15) is 133 Å². The fourth-order valence-corrected chi connectivity index (χ4v) is 12.1. The van der Waals surface area contributed by atoms with Crippen LogP contribution in [0, 0.1) is 11.3 Å². The zero-order chi connectivity index (χ0) is 44.7. The monoisotopic (exact) mass is 893 g/mol. The molecular weight excluding hydrogens is 841 g/mol. The summed E-state index contributed by atoms with van der Waals surface area (Å²) in [5, 5.41) is 17.1. The molecule has 3 saturated heterocycles. The number of anilines is 3. The van der Waals surface area contributed by atoms with Gasteiger partial charge in [-0.2, -0.15) is 10.2 Å². The molecule has 4 aliphatic heterocycles. The second-order valence-corrected chi connectivity index (χ2v) is 19.5. The van der Waals surface area contributed by atoms with Gasteiger partial charge < -0.3 is 25.2 Å². The van der Waals surface area contributed by atoms with E-state index in [0.717, 1.165) is 94.4 Å². The van der Waals surface area contributed by atoms with Crippen molar-refractivity contribution in [3.8, 4) is 0 Å². The molecule has 342 valence electrons. The molecule has 65 heavy (non-hydrogen) atoms. The SMILES string of the molecule is CN(CC1CCC(n2cc(NC(=O)c3cnn4ccc(N5C[C@H]6C[C@@H]5CO6)nc34)c(C(F)F)n2)CC1)C1CCC2(CC1)CC(Nc1cccc3c1C(=O)N(C1CCC(=O)NC1=O)C3=O)C2. The number of aromatic nitrogens is 5. The van der Waals surface area contributed by atoms with Gasteiger partial charge >= 0.3 is 0 Å². The third kappa shape index (κ3) is 7.53. The van der Waals surface area contributed by atoms with Crippen molar-refractivity contribution in [1.29, 1.82) is 0 Å². The Kier molecular flexibility index (Phi) is 10.5. The topological polar surface area (TPSA) is 188 Å². The van der Waals surface area contributed by atoms with Crippen molar-refractivity contribution in [2.45, 2.75) is 126 Å². The first-order chi connectivity index (χ1) is 31.4. The molecule has 2 bridgehead atoms. The highest BCUT2D eigenvalue weighted by Crippen LogP contribution is 2.53. The molecule has 1 aromatic carbocycles. The van der Waals surface area contributed by atoms with Gasteiger partial charge in [0, 0.05) is 49.7 Å². The van der Waals surface area contributed by atoms with Gasteiger partial charge in [0.1, 0.15) is 17.4 Å². The Morgan fingerprint density at radius 3 is 2.52 bits per heavy atom. The van der Waals surface area contributed by atoms with Gasteiger partial charge in [-0.25, -0.2) is 18.3 Å². The number of rotatable bonds is 11. The number of piperidine rings is 1. The zero-order valence-corrected chi connectivity index (χ0v) is 36.3. The number of morpholine rings is 1. The van der Waals surface area contributed by atoms with Crippen LogP contribution in [-0.4, -0.2) is 121 Å². The highest BCUT2D eigenvalue weighted by atomic mass is 19.3. The lowest BCUT2D eigenvalue weighted by atomic mass is 9.57. The summed E-state index contributed by atoms with van der Waals surface area (Å²) < 4.78 is 37.6. The lowest BCUT2D eigenvalue weighted by Gasteiger charge is -2.53. The van der Waals surface area contributed by atoms with E-state index < -0.39 is 47.7 Å². The normalized spacial score (nSPS) is 29.9. The third-order valence-electron chi connectivity index (χ3n) is 15.6. The van der Waals surface area contributed by atoms with Crippen LogP contribution < -0.4 is 20.9 Å². The minimum Gasteiger partial charge on any atom is -0.382 e. The lowest BCUT2D eigenvalue weighted by molar-refractivity contribution is -0.136. The summed E-state index contributed by atoms with van der Waals surface area (Å²) in [6, 6.07) is 6.91. The van der Waals surface area contributed by atoms with E-state index in [1.54, 1.807) is 29.2 Å². The summed E-state index contributed by atoms with van der Waals surface area (Å²) in [6.45, 7) is 2.35. The summed E-state index contributed by atoms with van der Waals surface area (Å²) in [5.41, 5.74) is 1.53. The molecule has 3 saturated carbocycles. The average Bonchev–Trinajstić information content (AvgIpc) is 4.14. The molecule has 1 spiro atoms. The molecule has 3 atom stereocenters. The number of nitrogens with zero attached hydrogens (tertiary/aromatic N) is 8. The highest BCUT2D eigenvalue weighted by molar-refractivity contribution is 6.25. The van der Waals surface area contributed by atoms with Crippen molar-refractivity contribution in [3.63, 3.8) is 0 Å². The van der Waals surface area contributed by atoms with Crippen molar-refractivity contribution in [2.75, 3.05) is 42.3 Å². The van der Waals surface area contributed by atoms with Gasteiger partial charge in [-0.3, -0.25) is 38.9 Å². The van der Waals surface area contributed by atoms with E-state index in [9.17, 15) is 32.8 Å². The molecule has 19 heteroatoms. The summed E-state index contributed by atoms with van der Waals surface area (Å²) in [6.07, 6.45) is 13.1. The number of hydrogen-bond donors (Lipinski definition) is 3. The number of ether oxygens (including phenoxy) is 1. The first-order valence-corrected chi connectivity index (χ1v) is 23.1. The van der Waals surface area contributed by atoms with Crippen molar-refractivity contribution < 1.29 is 37.5 Å². The van der Waals surface area contributed by atoms with Crippen molar-refractivity contribution >= 4 is 52.4 Å². The number of benzene rings is 1. The van der Waals surface area contributed by atoms with Crippen LogP contribution in [0.2, 0.25) is 0 Å². The fraction of sp³-hybridized carbons (Fsp3) is 0.565. The molecule has 0 radical (unpaired) electrons. The van der Waals surface area contributed by atoms with Crippen molar-refractivity contribution in [1.82, 2.24) is 39.5 Å². The predicted octanol–water partition coefficient (Wildman–Crippen LogP) is 5.36. The Labute approximate surface area is 373 Å². The van der Waals surface area contributed by atoms with E-state index >= 15 is 0 Å². The minimum absolute atomic E-state index is 0.00599. The van der Waals surface area contributed by atoms with Crippen LogP contribution in [0.15, 0.2) is 42.9 Å². The van der Waals surface area contributed by atoms with Gasteiger partial charge in [0.25, 0.3) is 24.1 Å². The van der Waals surface area contributed by atoms with Crippen LogP contribution in [0.3, 0.4) is 0 Å². The van der Waals surface area contributed by atoms with Gasteiger partial charge in [0.15, 0.2) is 11.3 Å². The molecule has 3 N–H and O–H groups in total. The number of amides is 5. The van der Waals surface area contributed by atoms with Gasteiger partial charge in [-0.1, -0.05) is 6.07 Å². The molecule has 5 amide bonds. The molecule has 3 aromatic heterocycles. The highest BCUT2D eigenvalue weighted by Gasteiger charge is 2.49. The predicted molar refractivity (Wildman–Crippen MR) is 232 cm³/mol. The van der Waals surface area contributed by atoms with Gasteiger partial charge in [0.2, 0.25) is 11.8 Å². The Balaban J connectivity index is 0.654. The molecule has 11 rings (SSSR count). The Morgan fingerprint density at radius 2 is 1.80 bits per heavy atom. The number of carbonyl (C=O) groups excluding carboxylic acids is 5. The first kappa shape index (κ1) is 41.9. The molecule has 7 aliphatic rings.